The lowest BCUT2D eigenvalue weighted by Crippen LogP contribution is -2.53. The van der Waals surface area contributed by atoms with E-state index in [0.29, 0.717) is 32.8 Å². The van der Waals surface area contributed by atoms with E-state index >= 15 is 0 Å². The molecule has 2 saturated heterocycles. The molecule has 0 radical (unpaired) electrons. The van der Waals surface area contributed by atoms with E-state index in [9.17, 15) is 4.79 Å². The number of hydrogen-bond acceptors (Lipinski definition) is 5. The zero-order chi connectivity index (χ0) is 16.2. The lowest BCUT2D eigenvalue weighted by Gasteiger charge is -2.38. The fraction of sp³-hybridized carbons (Fsp3) is 0.765. The summed E-state index contributed by atoms with van der Waals surface area (Å²) in [5, 5.41) is 0. The smallest absolute Gasteiger partial charge is 0.240 e. The Morgan fingerprint density at radius 1 is 1.26 bits per heavy atom. The van der Waals surface area contributed by atoms with Crippen molar-refractivity contribution in [2.45, 2.75) is 52.1 Å². The van der Waals surface area contributed by atoms with Gasteiger partial charge in [0.2, 0.25) is 5.91 Å². The molecule has 3 rings (SSSR count). The molecule has 1 aromatic heterocycles. The van der Waals surface area contributed by atoms with E-state index in [-0.39, 0.29) is 11.9 Å². The van der Waals surface area contributed by atoms with Crippen molar-refractivity contribution in [1.82, 2.24) is 14.8 Å². The Bertz CT molecular complexity index is 537. The summed E-state index contributed by atoms with van der Waals surface area (Å²) in [4.78, 5) is 21.6. The van der Waals surface area contributed by atoms with Gasteiger partial charge in [-0.3, -0.25) is 9.69 Å². The zero-order valence-corrected chi connectivity index (χ0v) is 14.2. The van der Waals surface area contributed by atoms with Crippen molar-refractivity contribution in [3.05, 3.63) is 17.3 Å². The Balaban J connectivity index is 1.70. The third-order valence-electron chi connectivity index (χ3n) is 4.81. The molecule has 1 unspecified atom stereocenters. The van der Waals surface area contributed by atoms with Crippen molar-refractivity contribution < 1.29 is 13.9 Å². The summed E-state index contributed by atoms with van der Waals surface area (Å²) in [7, 11) is 0. The molecule has 1 atom stereocenters. The van der Waals surface area contributed by atoms with Crippen LogP contribution in [0.2, 0.25) is 0 Å². The van der Waals surface area contributed by atoms with Crippen LogP contribution in [0.25, 0.3) is 0 Å². The van der Waals surface area contributed by atoms with Gasteiger partial charge in [-0.25, -0.2) is 4.98 Å². The highest BCUT2D eigenvalue weighted by Gasteiger charge is 2.33. The maximum Gasteiger partial charge on any atom is 0.240 e. The summed E-state index contributed by atoms with van der Waals surface area (Å²) in [5.74, 6) is 1.94. The molecular formula is C17H27N3O3. The molecule has 128 valence electrons. The summed E-state index contributed by atoms with van der Waals surface area (Å²) in [6.45, 7) is 8.39. The van der Waals surface area contributed by atoms with Crippen LogP contribution < -0.4 is 0 Å². The number of hydrogen-bond donors (Lipinski definition) is 0. The number of amides is 1. The summed E-state index contributed by atoms with van der Waals surface area (Å²) in [5.41, 5.74) is 0.949. The van der Waals surface area contributed by atoms with Crippen molar-refractivity contribution in [3.63, 3.8) is 0 Å². The van der Waals surface area contributed by atoms with Gasteiger partial charge in [-0.1, -0.05) is 13.3 Å². The number of aromatic nitrogens is 1. The Morgan fingerprint density at radius 3 is 2.74 bits per heavy atom. The lowest BCUT2D eigenvalue weighted by molar-refractivity contribution is -0.142. The zero-order valence-electron chi connectivity index (χ0n) is 14.2. The van der Waals surface area contributed by atoms with Gasteiger partial charge in [0.05, 0.1) is 31.5 Å². The molecule has 1 amide bonds. The number of rotatable bonds is 4. The highest BCUT2D eigenvalue weighted by Crippen LogP contribution is 2.23. The average Bonchev–Trinajstić information content (AvgIpc) is 2.95. The van der Waals surface area contributed by atoms with Gasteiger partial charge in [0.1, 0.15) is 5.76 Å². The van der Waals surface area contributed by atoms with Gasteiger partial charge in [0.15, 0.2) is 5.89 Å². The van der Waals surface area contributed by atoms with Crippen LogP contribution in [0.5, 0.6) is 0 Å². The number of oxazole rings is 1. The van der Waals surface area contributed by atoms with Gasteiger partial charge in [0.25, 0.3) is 0 Å². The first-order chi connectivity index (χ1) is 11.2. The van der Waals surface area contributed by atoms with E-state index in [1.807, 2.05) is 18.7 Å². The highest BCUT2D eigenvalue weighted by atomic mass is 16.5. The standard InChI is InChI=1S/C17H27N3O3/c1-3-16-18-13(2)15(23-16)12-20-7-5-4-6-14(20)17(21)19-8-10-22-11-9-19/h14H,3-12H2,1-2H3. The number of carbonyl (C=O) groups is 1. The SMILES string of the molecule is CCc1nc(C)c(CN2CCCCC2C(=O)N2CCOCC2)o1. The largest absolute Gasteiger partial charge is 0.444 e. The normalized spacial score (nSPS) is 23.2. The quantitative estimate of drug-likeness (QED) is 0.846. The van der Waals surface area contributed by atoms with Crippen LogP contribution in [0.15, 0.2) is 4.42 Å². The van der Waals surface area contributed by atoms with Crippen molar-refractivity contribution in [2.75, 3.05) is 32.8 Å². The van der Waals surface area contributed by atoms with Gasteiger partial charge in [-0.05, 0) is 26.3 Å². The molecule has 2 fully saturated rings. The van der Waals surface area contributed by atoms with E-state index in [1.165, 1.54) is 0 Å². The van der Waals surface area contributed by atoms with E-state index in [4.69, 9.17) is 9.15 Å². The highest BCUT2D eigenvalue weighted by molar-refractivity contribution is 5.82. The number of likely N-dealkylation sites (tertiary alicyclic amines) is 1. The van der Waals surface area contributed by atoms with Crippen molar-refractivity contribution in [2.24, 2.45) is 0 Å². The summed E-state index contributed by atoms with van der Waals surface area (Å²) >= 11 is 0. The van der Waals surface area contributed by atoms with Crippen molar-refractivity contribution in [1.29, 1.82) is 0 Å². The Morgan fingerprint density at radius 2 is 2.04 bits per heavy atom. The number of aryl methyl sites for hydroxylation is 2. The third-order valence-corrected chi connectivity index (χ3v) is 4.81. The molecule has 0 N–H and O–H groups in total. The summed E-state index contributed by atoms with van der Waals surface area (Å²) < 4.78 is 11.2. The second kappa shape index (κ2) is 7.45. The number of carbonyl (C=O) groups excluding carboxylic acids is 1. The first-order valence-corrected chi connectivity index (χ1v) is 8.74. The fourth-order valence-corrected chi connectivity index (χ4v) is 3.43. The summed E-state index contributed by atoms with van der Waals surface area (Å²) in [6.07, 6.45) is 3.99. The van der Waals surface area contributed by atoms with Crippen LogP contribution >= 0.6 is 0 Å². The van der Waals surface area contributed by atoms with Crippen LogP contribution in [-0.2, 0) is 22.5 Å². The first-order valence-electron chi connectivity index (χ1n) is 8.74. The van der Waals surface area contributed by atoms with Crippen LogP contribution in [0, 0.1) is 6.92 Å². The Kier molecular flexibility index (Phi) is 5.33. The number of morpholine rings is 1. The first kappa shape index (κ1) is 16.5. The molecule has 0 bridgehead atoms. The maximum atomic E-state index is 12.9. The van der Waals surface area contributed by atoms with Gasteiger partial charge in [-0.15, -0.1) is 0 Å². The predicted octanol–water partition coefficient (Wildman–Crippen LogP) is 1.76. The van der Waals surface area contributed by atoms with Gasteiger partial charge >= 0.3 is 0 Å². The van der Waals surface area contributed by atoms with Crippen LogP contribution in [0.3, 0.4) is 0 Å². The molecule has 0 saturated carbocycles. The molecule has 6 nitrogen and oxygen atoms in total. The number of ether oxygens (including phenoxy) is 1. The molecule has 6 heteroatoms. The molecule has 2 aliphatic heterocycles. The monoisotopic (exact) mass is 321 g/mol. The van der Waals surface area contributed by atoms with Crippen LogP contribution in [-0.4, -0.2) is 59.6 Å². The minimum Gasteiger partial charge on any atom is -0.444 e. The molecule has 0 aromatic carbocycles. The van der Waals surface area contributed by atoms with Gasteiger partial charge < -0.3 is 14.1 Å². The van der Waals surface area contributed by atoms with E-state index in [1.54, 1.807) is 0 Å². The van der Waals surface area contributed by atoms with Gasteiger partial charge in [0, 0.05) is 19.5 Å². The van der Waals surface area contributed by atoms with E-state index in [0.717, 1.165) is 49.6 Å². The molecule has 3 heterocycles. The topological polar surface area (TPSA) is 58.8 Å². The van der Waals surface area contributed by atoms with E-state index < -0.39 is 0 Å². The van der Waals surface area contributed by atoms with Crippen molar-refractivity contribution >= 4 is 5.91 Å². The van der Waals surface area contributed by atoms with Gasteiger partial charge in [-0.2, -0.15) is 0 Å². The minimum atomic E-state index is -0.0311. The molecule has 2 aliphatic rings. The fourth-order valence-electron chi connectivity index (χ4n) is 3.43. The number of piperidine rings is 1. The predicted molar refractivity (Wildman–Crippen MR) is 86.1 cm³/mol. The van der Waals surface area contributed by atoms with Crippen molar-refractivity contribution in [3.8, 4) is 0 Å². The van der Waals surface area contributed by atoms with Crippen LogP contribution in [0.1, 0.15) is 43.5 Å². The third kappa shape index (κ3) is 3.75. The minimum absolute atomic E-state index is 0.0311. The molecule has 1 aromatic rings. The second-order valence-corrected chi connectivity index (χ2v) is 6.39. The maximum absolute atomic E-state index is 12.9. The van der Waals surface area contributed by atoms with E-state index in [2.05, 4.69) is 9.88 Å². The van der Waals surface area contributed by atoms with Crippen LogP contribution in [0.4, 0.5) is 0 Å². The molecule has 0 aliphatic carbocycles. The number of nitrogens with zero attached hydrogens (tertiary/aromatic N) is 3. The summed E-state index contributed by atoms with van der Waals surface area (Å²) in [6, 6.07) is -0.0311. The second-order valence-electron chi connectivity index (χ2n) is 6.39. The molecule has 23 heavy (non-hydrogen) atoms. The molecule has 0 spiro atoms. The lowest BCUT2D eigenvalue weighted by atomic mass is 10.0. The Labute approximate surface area is 137 Å². The average molecular weight is 321 g/mol. The Hall–Kier alpha value is -1.40. The molecular weight excluding hydrogens is 294 g/mol.